The van der Waals surface area contributed by atoms with E-state index < -0.39 is 0 Å². The van der Waals surface area contributed by atoms with Crippen molar-refractivity contribution in [2.45, 2.75) is 65.1 Å². The summed E-state index contributed by atoms with van der Waals surface area (Å²) in [5.41, 5.74) is 4.34. The van der Waals surface area contributed by atoms with Crippen LogP contribution in [0.4, 0.5) is 5.69 Å². The largest absolute Gasteiger partial charge is 0.481 e. The fourth-order valence-electron chi connectivity index (χ4n) is 5.11. The minimum Gasteiger partial charge on any atom is -0.481 e. The summed E-state index contributed by atoms with van der Waals surface area (Å²) >= 11 is 6.52. The predicted molar refractivity (Wildman–Crippen MR) is 135 cm³/mol. The van der Waals surface area contributed by atoms with Gasteiger partial charge in [0, 0.05) is 41.9 Å². The van der Waals surface area contributed by atoms with E-state index in [1.54, 1.807) is 17.9 Å². The number of hydrogen-bond donors (Lipinski definition) is 1. The number of hydrogen-bond acceptors (Lipinski definition) is 5. The van der Waals surface area contributed by atoms with Crippen LogP contribution in [0, 0.1) is 13.8 Å². The van der Waals surface area contributed by atoms with Gasteiger partial charge >= 0.3 is 0 Å². The number of aryl methyl sites for hydroxylation is 2. The van der Waals surface area contributed by atoms with Crippen LogP contribution < -0.4 is 15.0 Å². The minimum absolute atomic E-state index is 0.145. The molecule has 1 aromatic heterocycles. The van der Waals surface area contributed by atoms with Crippen molar-refractivity contribution in [3.8, 4) is 5.88 Å². The van der Waals surface area contributed by atoms with Crippen molar-refractivity contribution in [1.29, 1.82) is 0 Å². The Morgan fingerprint density at radius 3 is 2.42 bits per heavy atom. The van der Waals surface area contributed by atoms with Gasteiger partial charge in [-0.1, -0.05) is 11.6 Å². The lowest BCUT2D eigenvalue weighted by molar-refractivity contribution is 0.0950. The molecule has 1 aliphatic carbocycles. The molecule has 1 saturated carbocycles. The lowest BCUT2D eigenvalue weighted by Crippen LogP contribution is -2.42. The number of anilines is 1. The molecule has 0 bridgehead atoms. The lowest BCUT2D eigenvalue weighted by atomic mass is 9.89. The molecule has 3 rings (SSSR count). The van der Waals surface area contributed by atoms with Gasteiger partial charge in [-0.05, 0) is 78.2 Å². The molecule has 33 heavy (non-hydrogen) atoms. The first-order valence-corrected chi connectivity index (χ1v) is 12.1. The van der Waals surface area contributed by atoms with Crippen LogP contribution >= 0.6 is 11.6 Å². The predicted octanol–water partition coefficient (Wildman–Crippen LogP) is 4.33. The summed E-state index contributed by atoms with van der Waals surface area (Å²) in [5.74, 6) is 0.510. The van der Waals surface area contributed by atoms with Crippen molar-refractivity contribution < 1.29 is 9.53 Å². The van der Waals surface area contributed by atoms with E-state index in [9.17, 15) is 4.79 Å². The Kier molecular flexibility index (Phi) is 8.29. The highest BCUT2D eigenvalue weighted by Gasteiger charge is 2.28. The van der Waals surface area contributed by atoms with E-state index >= 15 is 0 Å². The first kappa shape index (κ1) is 25.4. The zero-order chi connectivity index (χ0) is 24.3. The van der Waals surface area contributed by atoms with E-state index in [-0.39, 0.29) is 5.91 Å². The second kappa shape index (κ2) is 10.8. The maximum atomic E-state index is 13.2. The normalized spacial score (nSPS) is 18.5. The number of aromatic nitrogens is 2. The second-order valence-corrected chi connectivity index (χ2v) is 9.63. The van der Waals surface area contributed by atoms with Gasteiger partial charge in [-0.15, -0.1) is 0 Å². The molecule has 1 aliphatic rings. The molecule has 0 atom stereocenters. The summed E-state index contributed by atoms with van der Waals surface area (Å²) in [7, 11) is 7.77. The van der Waals surface area contributed by atoms with Gasteiger partial charge in [-0.25, -0.2) is 4.68 Å². The van der Waals surface area contributed by atoms with Crippen molar-refractivity contribution in [2.75, 3.05) is 32.6 Å². The highest BCUT2D eigenvalue weighted by atomic mass is 35.5. The van der Waals surface area contributed by atoms with Crippen LogP contribution in [0.25, 0.3) is 0 Å². The van der Waals surface area contributed by atoms with Crippen molar-refractivity contribution in [3.63, 3.8) is 0 Å². The monoisotopic (exact) mass is 475 g/mol. The Hall–Kier alpha value is -2.25. The van der Waals surface area contributed by atoms with E-state index in [0.717, 1.165) is 41.9 Å². The van der Waals surface area contributed by atoms with Crippen LogP contribution in [0.5, 0.6) is 5.88 Å². The fraction of sp³-hybridized carbons (Fsp3) is 0.600. The maximum Gasteiger partial charge on any atom is 0.251 e. The molecule has 1 N–H and O–H groups in total. The fourth-order valence-corrected chi connectivity index (χ4v) is 5.33. The average molecular weight is 476 g/mol. The zero-order valence-corrected chi connectivity index (χ0v) is 21.8. The van der Waals surface area contributed by atoms with Crippen molar-refractivity contribution in [1.82, 2.24) is 20.0 Å². The van der Waals surface area contributed by atoms with E-state index in [2.05, 4.69) is 41.2 Å². The number of carbonyl (C=O) groups is 1. The molecule has 0 spiro atoms. The Bertz CT molecular complexity index is 980. The van der Waals surface area contributed by atoms with Gasteiger partial charge in [0.15, 0.2) is 0 Å². The number of nitrogens with zero attached hydrogens (tertiary/aromatic N) is 4. The topological polar surface area (TPSA) is 62.6 Å². The molecular formula is C25H38ClN5O2. The zero-order valence-electron chi connectivity index (χ0n) is 21.0. The summed E-state index contributed by atoms with van der Waals surface area (Å²) < 4.78 is 7.13. The number of carbonyl (C=O) groups excluding carboxylic acids is 1. The van der Waals surface area contributed by atoms with Crippen LogP contribution in [0.2, 0.25) is 5.02 Å². The van der Waals surface area contributed by atoms with E-state index in [1.807, 2.05) is 27.0 Å². The molecule has 1 aromatic carbocycles. The Morgan fingerprint density at radius 1 is 1.21 bits per heavy atom. The molecular weight excluding hydrogens is 438 g/mol. The smallest absolute Gasteiger partial charge is 0.251 e. The number of amides is 1. The van der Waals surface area contributed by atoms with Crippen molar-refractivity contribution in [2.24, 2.45) is 7.05 Å². The number of nitrogens with one attached hydrogen (secondary N) is 1. The first-order chi connectivity index (χ1) is 15.7. The molecule has 2 aromatic rings. The molecule has 0 unspecified atom stereocenters. The summed E-state index contributed by atoms with van der Waals surface area (Å²) in [5, 5.41) is 8.01. The molecule has 1 amide bonds. The Balaban J connectivity index is 1.81. The number of benzene rings is 1. The molecule has 1 heterocycles. The first-order valence-electron chi connectivity index (χ1n) is 11.8. The quantitative estimate of drug-likeness (QED) is 0.615. The van der Waals surface area contributed by atoms with E-state index in [4.69, 9.17) is 16.3 Å². The SMILES string of the molecule is CCN(c1cc(Cl)cc(C(=O)NCc2c(C)nn(C)c2OC)c1C)[C@H]1CC[C@H](N(C)C)CC1. The summed E-state index contributed by atoms with van der Waals surface area (Å²) in [6, 6.07) is 4.87. The highest BCUT2D eigenvalue weighted by molar-refractivity contribution is 6.31. The molecule has 0 radical (unpaired) electrons. The number of ether oxygens (including phenoxy) is 1. The Morgan fingerprint density at radius 2 is 1.85 bits per heavy atom. The van der Waals surface area contributed by atoms with Gasteiger partial charge in [0.25, 0.3) is 5.91 Å². The third-order valence-corrected chi connectivity index (χ3v) is 7.20. The Labute approximate surface area is 203 Å². The van der Waals surface area contributed by atoms with E-state index in [1.165, 1.54) is 12.8 Å². The molecule has 7 nitrogen and oxygen atoms in total. The van der Waals surface area contributed by atoms with Gasteiger partial charge in [-0.3, -0.25) is 4.79 Å². The molecule has 1 fully saturated rings. The molecule has 182 valence electrons. The van der Waals surface area contributed by atoms with Gasteiger partial charge in [0.1, 0.15) is 0 Å². The van der Waals surface area contributed by atoms with E-state index in [0.29, 0.717) is 35.1 Å². The number of rotatable bonds is 8. The average Bonchev–Trinajstić information content (AvgIpc) is 3.06. The molecule has 0 aliphatic heterocycles. The van der Waals surface area contributed by atoms with Crippen molar-refractivity contribution >= 4 is 23.2 Å². The minimum atomic E-state index is -0.145. The van der Waals surface area contributed by atoms with Crippen LogP contribution in [-0.4, -0.2) is 60.4 Å². The number of halogens is 1. The van der Waals surface area contributed by atoms with Crippen LogP contribution in [-0.2, 0) is 13.6 Å². The highest BCUT2D eigenvalue weighted by Crippen LogP contribution is 2.34. The summed E-state index contributed by atoms with van der Waals surface area (Å²) in [6.07, 6.45) is 4.66. The molecule has 0 saturated heterocycles. The number of methoxy groups -OCH3 is 1. The van der Waals surface area contributed by atoms with Crippen LogP contribution in [0.15, 0.2) is 12.1 Å². The van der Waals surface area contributed by atoms with Gasteiger partial charge in [-0.2, -0.15) is 5.10 Å². The maximum absolute atomic E-state index is 13.2. The lowest BCUT2D eigenvalue weighted by Gasteiger charge is -2.40. The summed E-state index contributed by atoms with van der Waals surface area (Å²) in [6.45, 7) is 7.33. The van der Waals surface area contributed by atoms with Crippen molar-refractivity contribution in [3.05, 3.63) is 39.5 Å². The van der Waals surface area contributed by atoms with Crippen LogP contribution in [0.1, 0.15) is 59.8 Å². The standard InChI is InChI=1S/C25H38ClN5O2/c1-8-31(20-11-9-19(10-12-20)29(4)5)23-14-18(26)13-21(16(23)2)24(32)27-15-22-17(3)28-30(6)25(22)33-7/h13-14,19-20H,8-12,15H2,1-7H3,(H,27,32)/t19-,20-. The van der Waals surface area contributed by atoms with Crippen LogP contribution in [0.3, 0.4) is 0 Å². The second-order valence-electron chi connectivity index (χ2n) is 9.19. The van der Waals surface area contributed by atoms with Gasteiger partial charge in [0.05, 0.1) is 24.9 Å². The third kappa shape index (κ3) is 5.46. The molecule has 8 heteroatoms. The van der Waals surface area contributed by atoms with Gasteiger partial charge in [0.2, 0.25) is 5.88 Å². The summed E-state index contributed by atoms with van der Waals surface area (Å²) in [4.78, 5) is 18.0. The van der Waals surface area contributed by atoms with Gasteiger partial charge < -0.3 is 19.9 Å². The third-order valence-electron chi connectivity index (χ3n) is 6.98.